The van der Waals surface area contributed by atoms with Gasteiger partial charge in [-0.1, -0.05) is 0 Å². The zero-order chi connectivity index (χ0) is 13.4. The standard InChI is InChI=1S/C12H12BrN3O3/c1-18-8-4-6(5-14-11(8)17)12-16-10-7(19-12)2-3-9(13)15-10/h2-3,6,8H,4-5H2,1H3,(H,14,17). The summed E-state index contributed by atoms with van der Waals surface area (Å²) in [7, 11) is 1.53. The monoisotopic (exact) mass is 325 g/mol. The van der Waals surface area contributed by atoms with E-state index >= 15 is 0 Å². The molecule has 19 heavy (non-hydrogen) atoms. The zero-order valence-corrected chi connectivity index (χ0v) is 11.8. The number of fused-ring (bicyclic) bond motifs is 1. The van der Waals surface area contributed by atoms with Crippen LogP contribution in [0.5, 0.6) is 0 Å². The molecule has 2 unspecified atom stereocenters. The van der Waals surface area contributed by atoms with Crippen molar-refractivity contribution in [2.75, 3.05) is 13.7 Å². The summed E-state index contributed by atoms with van der Waals surface area (Å²) in [5.74, 6) is 0.508. The first-order chi connectivity index (χ1) is 9.17. The molecule has 0 saturated carbocycles. The molecule has 0 aromatic carbocycles. The van der Waals surface area contributed by atoms with Crippen molar-refractivity contribution >= 4 is 33.1 Å². The molecule has 0 radical (unpaired) electrons. The number of carbonyl (C=O) groups excluding carboxylic acids is 1. The molecule has 2 aromatic heterocycles. The second-order valence-electron chi connectivity index (χ2n) is 4.41. The summed E-state index contributed by atoms with van der Waals surface area (Å²) in [5, 5.41) is 2.79. The summed E-state index contributed by atoms with van der Waals surface area (Å²) in [6.45, 7) is 0.507. The molecule has 3 heterocycles. The van der Waals surface area contributed by atoms with Crippen molar-refractivity contribution in [3.8, 4) is 0 Å². The van der Waals surface area contributed by atoms with Gasteiger partial charge in [0.25, 0.3) is 0 Å². The Morgan fingerprint density at radius 1 is 1.47 bits per heavy atom. The highest BCUT2D eigenvalue weighted by molar-refractivity contribution is 9.10. The lowest BCUT2D eigenvalue weighted by Gasteiger charge is -2.26. The van der Waals surface area contributed by atoms with Gasteiger partial charge in [-0.25, -0.2) is 4.98 Å². The van der Waals surface area contributed by atoms with Crippen molar-refractivity contribution in [3.63, 3.8) is 0 Å². The molecule has 2 aromatic rings. The maximum Gasteiger partial charge on any atom is 0.249 e. The topological polar surface area (TPSA) is 77.2 Å². The third-order valence-electron chi connectivity index (χ3n) is 3.18. The average Bonchev–Trinajstić information content (AvgIpc) is 2.82. The van der Waals surface area contributed by atoms with E-state index in [4.69, 9.17) is 9.15 Å². The van der Waals surface area contributed by atoms with E-state index in [2.05, 4.69) is 31.2 Å². The molecule has 1 N–H and O–H groups in total. The summed E-state index contributed by atoms with van der Waals surface area (Å²) in [6, 6.07) is 3.62. The van der Waals surface area contributed by atoms with Crippen LogP contribution in [0.1, 0.15) is 18.2 Å². The second kappa shape index (κ2) is 4.90. The minimum absolute atomic E-state index is 0.00984. The fraction of sp³-hybridized carbons (Fsp3) is 0.417. The van der Waals surface area contributed by atoms with Crippen molar-refractivity contribution in [2.45, 2.75) is 18.4 Å². The minimum Gasteiger partial charge on any atom is -0.439 e. The number of hydrogen-bond acceptors (Lipinski definition) is 5. The first kappa shape index (κ1) is 12.6. The number of oxazole rings is 1. The van der Waals surface area contributed by atoms with Gasteiger partial charge < -0.3 is 14.5 Å². The number of aromatic nitrogens is 2. The number of carbonyl (C=O) groups is 1. The predicted octanol–water partition coefficient (Wildman–Crippen LogP) is 1.60. The molecule has 2 atom stereocenters. The van der Waals surface area contributed by atoms with E-state index in [1.807, 2.05) is 6.07 Å². The number of pyridine rings is 1. The highest BCUT2D eigenvalue weighted by Crippen LogP contribution is 2.27. The van der Waals surface area contributed by atoms with Crippen LogP contribution in [0.4, 0.5) is 0 Å². The van der Waals surface area contributed by atoms with E-state index in [-0.39, 0.29) is 11.8 Å². The fourth-order valence-electron chi connectivity index (χ4n) is 2.16. The normalized spacial score (nSPS) is 23.6. The van der Waals surface area contributed by atoms with Crippen molar-refractivity contribution < 1.29 is 13.9 Å². The Morgan fingerprint density at radius 2 is 2.32 bits per heavy atom. The number of nitrogens with one attached hydrogen (secondary N) is 1. The fourth-order valence-corrected chi connectivity index (χ4v) is 2.46. The maximum atomic E-state index is 11.5. The van der Waals surface area contributed by atoms with Crippen LogP contribution in [0.3, 0.4) is 0 Å². The number of ether oxygens (including phenoxy) is 1. The smallest absolute Gasteiger partial charge is 0.249 e. The Bertz CT molecular complexity index is 628. The number of methoxy groups -OCH3 is 1. The number of amides is 1. The summed E-state index contributed by atoms with van der Waals surface area (Å²) in [6.07, 6.45) is 0.115. The van der Waals surface area contributed by atoms with E-state index < -0.39 is 6.10 Å². The van der Waals surface area contributed by atoms with E-state index in [0.717, 1.165) is 0 Å². The summed E-state index contributed by atoms with van der Waals surface area (Å²) < 4.78 is 11.5. The molecule has 0 aliphatic carbocycles. The molecule has 0 bridgehead atoms. The van der Waals surface area contributed by atoms with Gasteiger partial charge in [0.2, 0.25) is 11.8 Å². The first-order valence-corrected chi connectivity index (χ1v) is 6.70. The van der Waals surface area contributed by atoms with Crippen molar-refractivity contribution in [1.29, 1.82) is 0 Å². The van der Waals surface area contributed by atoms with Crippen LogP contribution in [0.2, 0.25) is 0 Å². The maximum absolute atomic E-state index is 11.5. The highest BCUT2D eigenvalue weighted by Gasteiger charge is 2.32. The van der Waals surface area contributed by atoms with E-state index in [1.165, 1.54) is 7.11 Å². The van der Waals surface area contributed by atoms with E-state index in [0.29, 0.717) is 34.7 Å². The van der Waals surface area contributed by atoms with Gasteiger partial charge in [0, 0.05) is 13.7 Å². The number of rotatable bonds is 2. The summed E-state index contributed by atoms with van der Waals surface area (Å²) in [5.41, 5.74) is 1.21. The number of hydrogen-bond donors (Lipinski definition) is 1. The Morgan fingerprint density at radius 3 is 3.11 bits per heavy atom. The first-order valence-electron chi connectivity index (χ1n) is 5.91. The second-order valence-corrected chi connectivity index (χ2v) is 5.22. The Labute approximate surface area is 117 Å². The molecular formula is C12H12BrN3O3. The number of piperidine rings is 1. The van der Waals surface area contributed by atoms with Crippen molar-refractivity contribution in [1.82, 2.24) is 15.3 Å². The van der Waals surface area contributed by atoms with E-state index in [9.17, 15) is 4.79 Å². The SMILES string of the molecule is COC1CC(c2nc3nc(Br)ccc3o2)CNC1=O. The zero-order valence-electron chi connectivity index (χ0n) is 10.2. The van der Waals surface area contributed by atoms with Crippen LogP contribution in [-0.4, -0.2) is 35.6 Å². The number of nitrogens with zero attached hydrogens (tertiary/aromatic N) is 2. The van der Waals surface area contributed by atoms with Gasteiger partial charge in [0.15, 0.2) is 11.2 Å². The van der Waals surface area contributed by atoms with Crippen LogP contribution in [-0.2, 0) is 9.53 Å². The molecule has 6 nitrogen and oxygen atoms in total. The third-order valence-corrected chi connectivity index (χ3v) is 3.63. The lowest BCUT2D eigenvalue weighted by atomic mass is 9.97. The highest BCUT2D eigenvalue weighted by atomic mass is 79.9. The molecule has 3 rings (SSSR count). The predicted molar refractivity (Wildman–Crippen MR) is 70.7 cm³/mol. The lowest BCUT2D eigenvalue weighted by Crippen LogP contribution is -2.44. The van der Waals surface area contributed by atoms with Gasteiger partial charge in [-0.05, 0) is 34.5 Å². The molecule has 1 fully saturated rings. The van der Waals surface area contributed by atoms with Gasteiger partial charge in [0.05, 0.1) is 5.92 Å². The minimum atomic E-state index is -0.451. The Balaban J connectivity index is 1.89. The van der Waals surface area contributed by atoms with Gasteiger partial charge in [0.1, 0.15) is 10.7 Å². The van der Waals surface area contributed by atoms with Crippen LogP contribution in [0, 0.1) is 0 Å². The molecule has 7 heteroatoms. The van der Waals surface area contributed by atoms with Crippen LogP contribution in [0.25, 0.3) is 11.2 Å². The summed E-state index contributed by atoms with van der Waals surface area (Å²) >= 11 is 3.30. The van der Waals surface area contributed by atoms with Crippen LogP contribution >= 0.6 is 15.9 Å². The van der Waals surface area contributed by atoms with Crippen molar-refractivity contribution in [2.24, 2.45) is 0 Å². The van der Waals surface area contributed by atoms with Crippen LogP contribution in [0.15, 0.2) is 21.2 Å². The molecule has 1 saturated heterocycles. The van der Waals surface area contributed by atoms with Crippen molar-refractivity contribution in [3.05, 3.63) is 22.6 Å². The van der Waals surface area contributed by atoms with Gasteiger partial charge in [-0.15, -0.1) is 0 Å². The van der Waals surface area contributed by atoms with Gasteiger partial charge in [-0.3, -0.25) is 4.79 Å². The molecule has 100 valence electrons. The summed E-state index contributed by atoms with van der Waals surface area (Å²) in [4.78, 5) is 20.1. The average molecular weight is 326 g/mol. The van der Waals surface area contributed by atoms with E-state index in [1.54, 1.807) is 6.07 Å². The Hall–Kier alpha value is -1.47. The molecule has 1 aliphatic rings. The Kier molecular flexibility index (Phi) is 3.24. The van der Waals surface area contributed by atoms with Gasteiger partial charge in [-0.2, -0.15) is 4.98 Å². The quantitative estimate of drug-likeness (QED) is 0.849. The third kappa shape index (κ3) is 2.35. The molecule has 1 amide bonds. The van der Waals surface area contributed by atoms with Gasteiger partial charge >= 0.3 is 0 Å². The molecule has 0 spiro atoms. The number of halogens is 1. The lowest BCUT2D eigenvalue weighted by molar-refractivity contribution is -0.134. The molecule has 1 aliphatic heterocycles. The van der Waals surface area contributed by atoms with Crippen LogP contribution < -0.4 is 5.32 Å². The largest absolute Gasteiger partial charge is 0.439 e. The molecular weight excluding hydrogens is 314 g/mol.